The molecule has 1 amide bonds. The van der Waals surface area contributed by atoms with Crippen molar-refractivity contribution in [2.45, 2.75) is 44.2 Å². The van der Waals surface area contributed by atoms with Gasteiger partial charge in [-0.3, -0.25) is 4.90 Å². The van der Waals surface area contributed by atoms with E-state index in [0.717, 1.165) is 60.0 Å². The highest BCUT2D eigenvalue weighted by Crippen LogP contribution is 2.40. The molecule has 2 heterocycles. The lowest BCUT2D eigenvalue weighted by Crippen LogP contribution is -2.42. The van der Waals surface area contributed by atoms with Gasteiger partial charge in [0.25, 0.3) is 0 Å². The van der Waals surface area contributed by atoms with Gasteiger partial charge in [0.2, 0.25) is 0 Å². The summed E-state index contributed by atoms with van der Waals surface area (Å²) in [6.45, 7) is 4.74. The Balaban J connectivity index is 1.53. The summed E-state index contributed by atoms with van der Waals surface area (Å²) in [6.07, 6.45) is 6.42. The molecule has 1 atom stereocenters. The maximum atomic E-state index is 13.3. The third-order valence-corrected chi connectivity index (χ3v) is 6.69. The van der Waals surface area contributed by atoms with Crippen molar-refractivity contribution in [3.8, 4) is 5.75 Å². The van der Waals surface area contributed by atoms with E-state index in [2.05, 4.69) is 11.6 Å². The van der Waals surface area contributed by atoms with Crippen molar-refractivity contribution in [3.05, 3.63) is 77.0 Å². The highest BCUT2D eigenvalue weighted by Gasteiger charge is 2.36. The van der Waals surface area contributed by atoms with Gasteiger partial charge in [-0.1, -0.05) is 36.4 Å². The van der Waals surface area contributed by atoms with Crippen molar-refractivity contribution in [2.75, 3.05) is 13.2 Å². The molecular formula is C26H27ClN2O3. The first-order valence-electron chi connectivity index (χ1n) is 11.2. The van der Waals surface area contributed by atoms with Gasteiger partial charge in [0.05, 0.1) is 0 Å². The first kappa shape index (κ1) is 21.0. The van der Waals surface area contributed by atoms with E-state index in [1.54, 1.807) is 6.08 Å². The molecule has 1 N–H and O–H groups in total. The number of H-pyrrole nitrogens is 1. The van der Waals surface area contributed by atoms with Crippen molar-refractivity contribution in [1.82, 2.24) is 9.88 Å². The van der Waals surface area contributed by atoms with Gasteiger partial charge in [-0.05, 0) is 73.6 Å². The van der Waals surface area contributed by atoms with Crippen molar-refractivity contribution in [2.24, 2.45) is 0 Å². The lowest BCUT2D eigenvalue weighted by atomic mass is 9.92. The molecule has 6 heteroatoms. The molecule has 2 aliphatic rings. The Morgan fingerprint density at radius 1 is 1.19 bits per heavy atom. The fourth-order valence-electron chi connectivity index (χ4n) is 4.92. The molecule has 0 spiro atoms. The molecule has 0 saturated heterocycles. The number of nitrogens with one attached hydrogen (secondary N) is 1. The lowest BCUT2D eigenvalue weighted by Gasteiger charge is -2.36. The number of carbonyl (C=O) groups is 1. The third-order valence-electron chi connectivity index (χ3n) is 6.46. The third kappa shape index (κ3) is 3.97. The largest absolute Gasteiger partial charge is 0.490 e. The molecule has 5 rings (SSSR count). The number of halogens is 1. The summed E-state index contributed by atoms with van der Waals surface area (Å²) in [5, 5.41) is 1.83. The van der Waals surface area contributed by atoms with Crippen LogP contribution in [-0.2, 0) is 11.2 Å². The lowest BCUT2D eigenvalue weighted by molar-refractivity contribution is 0.0551. The standard InChI is InChI=1S/C26H27ClN2O3/c1-2-15-31-19-10-7-17(8-11-19)25-24-21(22-16-18(27)9-12-23(22)28-24)13-14-29(25)26(30)32-20-5-3-4-6-20/h2,7-12,16,20,25,28H,1,3-6,13-15H2/t25-/m0/s1. The number of aromatic nitrogens is 1. The minimum Gasteiger partial charge on any atom is -0.490 e. The topological polar surface area (TPSA) is 54.6 Å². The Morgan fingerprint density at radius 3 is 2.72 bits per heavy atom. The van der Waals surface area contributed by atoms with Crippen LogP contribution in [0.2, 0.25) is 5.02 Å². The number of fused-ring (bicyclic) bond motifs is 3. The highest BCUT2D eigenvalue weighted by molar-refractivity contribution is 6.31. The van der Waals surface area contributed by atoms with Gasteiger partial charge in [-0.15, -0.1) is 0 Å². The molecular weight excluding hydrogens is 424 g/mol. The second kappa shape index (κ2) is 8.91. The normalized spacial score (nSPS) is 18.5. The molecule has 1 saturated carbocycles. The summed E-state index contributed by atoms with van der Waals surface area (Å²) in [4.78, 5) is 18.7. The Bertz CT molecular complexity index is 1130. The van der Waals surface area contributed by atoms with Gasteiger partial charge < -0.3 is 14.5 Å². The van der Waals surface area contributed by atoms with Crippen LogP contribution in [0.15, 0.2) is 55.1 Å². The quantitative estimate of drug-likeness (QED) is 0.457. The molecule has 1 aliphatic carbocycles. The van der Waals surface area contributed by atoms with E-state index in [1.807, 2.05) is 47.4 Å². The van der Waals surface area contributed by atoms with E-state index in [9.17, 15) is 4.79 Å². The Labute approximate surface area is 193 Å². The SMILES string of the molecule is C=CCOc1ccc([C@H]2c3[nH]c4ccc(Cl)cc4c3CCN2C(=O)OC2CCCC2)cc1. The van der Waals surface area contributed by atoms with Gasteiger partial charge in [-0.25, -0.2) is 4.79 Å². The van der Waals surface area contributed by atoms with Gasteiger partial charge >= 0.3 is 6.09 Å². The molecule has 5 nitrogen and oxygen atoms in total. The average Bonchev–Trinajstić information content (AvgIpc) is 3.45. The van der Waals surface area contributed by atoms with Crippen molar-refractivity contribution in [3.63, 3.8) is 0 Å². The summed E-state index contributed by atoms with van der Waals surface area (Å²) < 4.78 is 11.5. The molecule has 1 fully saturated rings. The number of ether oxygens (including phenoxy) is 2. The van der Waals surface area contributed by atoms with E-state index in [1.165, 1.54) is 5.56 Å². The van der Waals surface area contributed by atoms with Gasteiger partial charge in [0.1, 0.15) is 24.5 Å². The molecule has 1 aliphatic heterocycles. The predicted molar refractivity (Wildman–Crippen MR) is 126 cm³/mol. The molecule has 0 radical (unpaired) electrons. The Kier molecular flexibility index (Phi) is 5.83. The van der Waals surface area contributed by atoms with E-state index in [0.29, 0.717) is 18.2 Å². The minimum atomic E-state index is -0.257. The smallest absolute Gasteiger partial charge is 0.410 e. The number of aromatic amines is 1. The molecule has 0 bridgehead atoms. The molecule has 166 valence electrons. The van der Waals surface area contributed by atoms with Crippen LogP contribution < -0.4 is 4.74 Å². The van der Waals surface area contributed by atoms with Gasteiger partial charge in [0, 0.05) is 28.2 Å². The molecule has 1 aromatic heterocycles. The summed E-state index contributed by atoms with van der Waals surface area (Å²) in [6, 6.07) is 13.5. The number of amides is 1. The predicted octanol–water partition coefficient (Wildman–Crippen LogP) is 6.41. The summed E-state index contributed by atoms with van der Waals surface area (Å²) in [5.74, 6) is 0.771. The zero-order valence-electron chi connectivity index (χ0n) is 18.0. The van der Waals surface area contributed by atoms with Crippen LogP contribution in [0.4, 0.5) is 4.79 Å². The van der Waals surface area contributed by atoms with Crippen LogP contribution in [0, 0.1) is 0 Å². The number of hydrogen-bond acceptors (Lipinski definition) is 3. The highest BCUT2D eigenvalue weighted by atomic mass is 35.5. The van der Waals surface area contributed by atoms with Crippen molar-refractivity contribution in [1.29, 1.82) is 0 Å². The van der Waals surface area contributed by atoms with E-state index in [-0.39, 0.29) is 18.2 Å². The first-order valence-corrected chi connectivity index (χ1v) is 11.6. The fourth-order valence-corrected chi connectivity index (χ4v) is 5.09. The number of carbonyl (C=O) groups excluding carboxylic acids is 1. The monoisotopic (exact) mass is 450 g/mol. The Hall–Kier alpha value is -2.92. The molecule has 0 unspecified atom stereocenters. The van der Waals surface area contributed by atoms with Crippen LogP contribution in [0.3, 0.4) is 0 Å². The fraction of sp³-hybridized carbons (Fsp3) is 0.346. The van der Waals surface area contributed by atoms with E-state index in [4.69, 9.17) is 21.1 Å². The van der Waals surface area contributed by atoms with Crippen LogP contribution in [0.25, 0.3) is 10.9 Å². The second-order valence-electron chi connectivity index (χ2n) is 8.51. The molecule has 32 heavy (non-hydrogen) atoms. The number of benzene rings is 2. The summed E-state index contributed by atoms with van der Waals surface area (Å²) in [7, 11) is 0. The number of hydrogen-bond donors (Lipinski definition) is 1. The zero-order chi connectivity index (χ0) is 22.1. The number of nitrogens with zero attached hydrogens (tertiary/aromatic N) is 1. The Morgan fingerprint density at radius 2 is 1.97 bits per heavy atom. The van der Waals surface area contributed by atoms with E-state index < -0.39 is 0 Å². The van der Waals surface area contributed by atoms with Gasteiger partial charge in [-0.2, -0.15) is 0 Å². The minimum absolute atomic E-state index is 0.0285. The van der Waals surface area contributed by atoms with Crippen LogP contribution in [-0.4, -0.2) is 35.2 Å². The van der Waals surface area contributed by atoms with Crippen LogP contribution >= 0.6 is 11.6 Å². The molecule has 3 aromatic rings. The first-order chi connectivity index (χ1) is 15.6. The molecule has 2 aromatic carbocycles. The van der Waals surface area contributed by atoms with Gasteiger partial charge in [0.15, 0.2) is 0 Å². The zero-order valence-corrected chi connectivity index (χ0v) is 18.7. The number of rotatable bonds is 5. The summed E-state index contributed by atoms with van der Waals surface area (Å²) in [5.41, 5.74) is 4.28. The van der Waals surface area contributed by atoms with Crippen LogP contribution in [0.5, 0.6) is 5.75 Å². The van der Waals surface area contributed by atoms with E-state index >= 15 is 0 Å². The van der Waals surface area contributed by atoms with Crippen LogP contribution in [0.1, 0.15) is 48.5 Å². The second-order valence-corrected chi connectivity index (χ2v) is 8.95. The maximum absolute atomic E-state index is 13.3. The summed E-state index contributed by atoms with van der Waals surface area (Å²) >= 11 is 6.29. The maximum Gasteiger partial charge on any atom is 0.410 e. The van der Waals surface area contributed by atoms with Crippen molar-refractivity contribution < 1.29 is 14.3 Å². The average molecular weight is 451 g/mol. The van der Waals surface area contributed by atoms with Crippen molar-refractivity contribution >= 4 is 28.6 Å².